The van der Waals surface area contributed by atoms with Crippen LogP contribution in [0.25, 0.3) is 0 Å². The Morgan fingerprint density at radius 1 is 0.862 bits per heavy atom. The third-order valence-electron chi connectivity index (χ3n) is 4.83. The molecule has 0 aromatic heterocycles. The Bertz CT molecular complexity index is 749. The van der Waals surface area contributed by atoms with E-state index < -0.39 is 17.3 Å². The fourth-order valence-electron chi connectivity index (χ4n) is 3.03. The zero-order chi connectivity index (χ0) is 21.9. The molecule has 2 rings (SSSR count). The molecule has 5 nitrogen and oxygen atoms in total. The highest BCUT2D eigenvalue weighted by atomic mass is 16.4. The molecule has 0 fully saturated rings. The van der Waals surface area contributed by atoms with Crippen LogP contribution < -0.4 is 10.4 Å². The molecular weight excluding hydrogens is 364 g/mol. The molecule has 2 aromatic carbocycles. The number of carboxylic acids is 1. The number of carbonyl (C=O) groups excluding carboxylic acids is 2. The van der Waals surface area contributed by atoms with E-state index in [9.17, 15) is 14.7 Å². The Kier molecular flexibility index (Phi) is 9.56. The molecule has 0 heterocycles. The smallest absolute Gasteiger partial charge is 0.232 e. The molecule has 29 heavy (non-hydrogen) atoms. The van der Waals surface area contributed by atoms with Crippen molar-refractivity contribution in [2.45, 2.75) is 39.8 Å². The van der Waals surface area contributed by atoms with Crippen LogP contribution in [0.4, 0.5) is 0 Å². The van der Waals surface area contributed by atoms with Gasteiger partial charge in [0.15, 0.2) is 0 Å². The topological polar surface area (TPSA) is 69.2 Å². The first-order valence-electron chi connectivity index (χ1n) is 10.0. The molecule has 0 unspecified atom stereocenters. The molecule has 0 aliphatic heterocycles. The van der Waals surface area contributed by atoms with Crippen LogP contribution in [0.3, 0.4) is 0 Å². The van der Waals surface area contributed by atoms with E-state index in [-0.39, 0.29) is 12.8 Å². The highest BCUT2D eigenvalue weighted by molar-refractivity contribution is 6.00. The van der Waals surface area contributed by atoms with Gasteiger partial charge in [0.05, 0.1) is 32.5 Å². The summed E-state index contributed by atoms with van der Waals surface area (Å²) in [5.74, 6) is -1.78. The van der Waals surface area contributed by atoms with E-state index in [2.05, 4.69) is 56.8 Å². The van der Waals surface area contributed by atoms with Gasteiger partial charge in [-0.3, -0.25) is 4.79 Å². The van der Waals surface area contributed by atoms with E-state index in [4.69, 9.17) is 0 Å². The number of aliphatic carboxylic acids is 1. The number of carboxylic acid groups (broad SMARTS) is 1. The summed E-state index contributed by atoms with van der Waals surface area (Å²) in [4.78, 5) is 23.2. The maximum atomic E-state index is 12.0. The zero-order valence-corrected chi connectivity index (χ0v) is 18.3. The van der Waals surface area contributed by atoms with Gasteiger partial charge in [-0.15, -0.1) is 0 Å². The Balaban J connectivity index is 0.000000326. The Hall–Kier alpha value is -2.66. The first kappa shape index (κ1) is 24.4. The zero-order valence-electron chi connectivity index (χ0n) is 18.3. The van der Waals surface area contributed by atoms with Gasteiger partial charge in [0.25, 0.3) is 0 Å². The molecule has 0 spiro atoms. The molecule has 0 saturated heterocycles. The number of hydrogen-bond acceptors (Lipinski definition) is 3. The first-order chi connectivity index (χ1) is 13.6. The van der Waals surface area contributed by atoms with E-state index in [0.717, 1.165) is 16.6 Å². The summed E-state index contributed by atoms with van der Waals surface area (Å²) < 4.78 is 0.990. The van der Waals surface area contributed by atoms with Gasteiger partial charge in [0.2, 0.25) is 5.91 Å². The third-order valence-corrected chi connectivity index (χ3v) is 4.83. The molecular formula is C24H34N2O3. The van der Waals surface area contributed by atoms with E-state index in [0.29, 0.717) is 6.54 Å². The minimum Gasteiger partial charge on any atom is -0.549 e. The van der Waals surface area contributed by atoms with Gasteiger partial charge in [-0.2, -0.15) is 0 Å². The van der Waals surface area contributed by atoms with Gasteiger partial charge in [-0.1, -0.05) is 74.5 Å². The average Bonchev–Trinajstić information content (AvgIpc) is 2.68. The summed E-state index contributed by atoms with van der Waals surface area (Å²) in [6, 6.07) is 19.9. The molecule has 158 valence electrons. The minimum atomic E-state index is -1.42. The van der Waals surface area contributed by atoms with Crippen molar-refractivity contribution in [2.24, 2.45) is 5.41 Å². The highest BCUT2D eigenvalue weighted by Crippen LogP contribution is 2.26. The predicted octanol–water partition coefficient (Wildman–Crippen LogP) is 2.75. The number of amides is 1. The molecule has 0 atom stereocenters. The Morgan fingerprint density at radius 3 is 1.69 bits per heavy atom. The van der Waals surface area contributed by atoms with Gasteiger partial charge in [0, 0.05) is 12.1 Å². The van der Waals surface area contributed by atoms with Gasteiger partial charge in [-0.05, 0) is 18.4 Å². The quantitative estimate of drug-likeness (QED) is 0.549. The first-order valence-corrected chi connectivity index (χ1v) is 10.0. The fourth-order valence-corrected chi connectivity index (χ4v) is 3.03. The van der Waals surface area contributed by atoms with Gasteiger partial charge < -0.3 is 19.7 Å². The lowest BCUT2D eigenvalue weighted by Crippen LogP contribution is -2.51. The lowest BCUT2D eigenvalue weighted by atomic mass is 9.81. The number of quaternary nitrogens is 1. The van der Waals surface area contributed by atoms with Crippen LogP contribution in [-0.2, 0) is 22.7 Å². The van der Waals surface area contributed by atoms with Crippen LogP contribution in [-0.4, -0.2) is 37.5 Å². The Morgan fingerprint density at radius 2 is 1.31 bits per heavy atom. The van der Waals surface area contributed by atoms with E-state index in [1.54, 1.807) is 13.8 Å². The molecule has 0 radical (unpaired) electrons. The predicted molar refractivity (Wildman–Crippen MR) is 114 cm³/mol. The molecule has 0 aliphatic rings. The molecule has 1 N–H and O–H groups in total. The van der Waals surface area contributed by atoms with Crippen LogP contribution >= 0.6 is 0 Å². The van der Waals surface area contributed by atoms with Crippen molar-refractivity contribution in [3.63, 3.8) is 0 Å². The SMILES string of the molecule is CCC(CC)(C(=O)[O-])C(=O)NCc1ccccc1.C[N+](C)(C)Cc1ccccc1. The largest absolute Gasteiger partial charge is 0.549 e. The van der Waals surface area contributed by atoms with Crippen LogP contribution in [0.15, 0.2) is 60.7 Å². The summed E-state index contributed by atoms with van der Waals surface area (Å²) in [5.41, 5.74) is 0.916. The standard InChI is InChI=1S/C14H19NO3.C10H16N/c1-3-14(4-2,13(17)18)12(16)15-10-11-8-6-5-7-9-11;1-11(2,3)9-10-7-5-4-6-8-10/h5-9H,3-4,10H2,1-2H3,(H,15,16)(H,17,18);4-8H,9H2,1-3H3/q;+1/p-1. The molecule has 0 aliphatic carbocycles. The van der Waals surface area contributed by atoms with Gasteiger partial charge in [0.1, 0.15) is 6.54 Å². The number of nitrogens with one attached hydrogen (secondary N) is 1. The van der Waals surface area contributed by atoms with Crippen molar-refractivity contribution in [3.8, 4) is 0 Å². The summed E-state index contributed by atoms with van der Waals surface area (Å²) in [5, 5.41) is 13.8. The second kappa shape index (κ2) is 11.4. The Labute approximate surface area is 175 Å². The van der Waals surface area contributed by atoms with Gasteiger partial charge >= 0.3 is 0 Å². The number of nitrogens with zero attached hydrogens (tertiary/aromatic N) is 1. The molecule has 5 heteroatoms. The van der Waals surface area contributed by atoms with Crippen LogP contribution in [0.2, 0.25) is 0 Å². The number of hydrogen-bond donors (Lipinski definition) is 1. The maximum Gasteiger partial charge on any atom is 0.232 e. The average molecular weight is 399 g/mol. The number of rotatable bonds is 8. The molecule has 1 amide bonds. The summed E-state index contributed by atoms with van der Waals surface area (Å²) in [6.07, 6.45) is 0.457. The van der Waals surface area contributed by atoms with Crippen molar-refractivity contribution >= 4 is 11.9 Å². The highest BCUT2D eigenvalue weighted by Gasteiger charge is 2.36. The molecule has 2 aromatic rings. The van der Waals surface area contributed by atoms with Gasteiger partial charge in [-0.25, -0.2) is 0 Å². The number of carbonyl (C=O) groups is 2. The van der Waals surface area contributed by atoms with Crippen molar-refractivity contribution < 1.29 is 19.2 Å². The van der Waals surface area contributed by atoms with Crippen molar-refractivity contribution in [3.05, 3.63) is 71.8 Å². The van der Waals surface area contributed by atoms with Crippen LogP contribution in [0.5, 0.6) is 0 Å². The van der Waals surface area contributed by atoms with E-state index >= 15 is 0 Å². The molecule has 0 bridgehead atoms. The van der Waals surface area contributed by atoms with E-state index in [1.807, 2.05) is 30.3 Å². The van der Waals surface area contributed by atoms with Crippen molar-refractivity contribution in [1.29, 1.82) is 0 Å². The number of benzene rings is 2. The fraction of sp³-hybridized carbons (Fsp3) is 0.417. The summed E-state index contributed by atoms with van der Waals surface area (Å²) in [7, 11) is 6.60. The lowest BCUT2D eigenvalue weighted by molar-refractivity contribution is -0.884. The summed E-state index contributed by atoms with van der Waals surface area (Å²) in [6.45, 7) is 4.79. The third kappa shape index (κ3) is 8.08. The van der Waals surface area contributed by atoms with Crippen LogP contribution in [0.1, 0.15) is 37.8 Å². The summed E-state index contributed by atoms with van der Waals surface area (Å²) >= 11 is 0. The van der Waals surface area contributed by atoms with Crippen molar-refractivity contribution in [1.82, 2.24) is 5.32 Å². The van der Waals surface area contributed by atoms with Crippen LogP contribution in [0, 0.1) is 5.41 Å². The normalized spacial score (nSPS) is 11.2. The second-order valence-electron chi connectivity index (χ2n) is 8.18. The maximum absolute atomic E-state index is 12.0. The monoisotopic (exact) mass is 398 g/mol. The van der Waals surface area contributed by atoms with Crippen molar-refractivity contribution in [2.75, 3.05) is 21.1 Å². The lowest BCUT2D eigenvalue weighted by Gasteiger charge is -2.31. The second-order valence-corrected chi connectivity index (χ2v) is 8.18. The molecule has 0 saturated carbocycles. The minimum absolute atomic E-state index is 0.229. The van der Waals surface area contributed by atoms with E-state index in [1.165, 1.54) is 5.56 Å².